The number of halogens is 2. The lowest BCUT2D eigenvalue weighted by atomic mass is 10.1. The molecule has 0 radical (unpaired) electrons. The number of rotatable bonds is 6. The molecule has 0 spiro atoms. The van der Waals surface area contributed by atoms with Crippen molar-refractivity contribution in [1.29, 1.82) is 0 Å². The highest BCUT2D eigenvalue weighted by atomic mass is 19.3. The Morgan fingerprint density at radius 3 is 2.47 bits per heavy atom. The third-order valence-electron chi connectivity index (χ3n) is 2.22. The molecule has 94 valence electrons. The molecule has 0 fully saturated rings. The van der Waals surface area contributed by atoms with Gasteiger partial charge >= 0.3 is 0 Å². The zero-order chi connectivity index (χ0) is 12.7. The number of alkyl halides is 2. The highest BCUT2D eigenvalue weighted by Crippen LogP contribution is 2.26. The number of hydrogen-bond acceptors (Lipinski definition) is 2. The van der Waals surface area contributed by atoms with Crippen LogP contribution in [0, 0.1) is 0 Å². The molecule has 0 saturated heterocycles. The molecular formula is C12H16F2N2O. The van der Waals surface area contributed by atoms with E-state index >= 15 is 0 Å². The van der Waals surface area contributed by atoms with E-state index in [1.807, 2.05) is 0 Å². The van der Waals surface area contributed by atoms with Gasteiger partial charge in [0, 0.05) is 25.6 Å². The number of amides is 1. The molecule has 0 atom stereocenters. The van der Waals surface area contributed by atoms with Gasteiger partial charge in [0.2, 0.25) is 5.91 Å². The Hall–Kier alpha value is -1.49. The van der Waals surface area contributed by atoms with Crippen LogP contribution >= 0.6 is 0 Å². The van der Waals surface area contributed by atoms with Gasteiger partial charge in [-0.15, -0.1) is 0 Å². The first-order valence-corrected chi connectivity index (χ1v) is 5.41. The van der Waals surface area contributed by atoms with Crippen LogP contribution in [-0.4, -0.2) is 25.5 Å². The Bertz CT molecular complexity index is 355. The monoisotopic (exact) mass is 242 g/mol. The lowest BCUT2D eigenvalue weighted by molar-refractivity contribution is -0.118. The molecule has 0 aliphatic rings. The Kier molecular flexibility index (Phi) is 5.03. The van der Waals surface area contributed by atoms with Crippen LogP contribution in [0.15, 0.2) is 30.3 Å². The molecule has 0 aliphatic carbocycles. The molecule has 1 aromatic carbocycles. The molecule has 0 aromatic heterocycles. The minimum Gasteiger partial charge on any atom is -0.355 e. The predicted molar refractivity (Wildman–Crippen MR) is 61.9 cm³/mol. The smallest absolute Gasteiger partial charge is 0.285 e. The van der Waals surface area contributed by atoms with Gasteiger partial charge in [-0.05, 0) is 0 Å². The molecule has 2 N–H and O–H groups in total. The Labute approximate surface area is 99.2 Å². The second-order valence-corrected chi connectivity index (χ2v) is 3.73. The number of carbonyl (C=O) groups excluding carboxylic acids is 1. The second kappa shape index (κ2) is 6.30. The standard InChI is InChI=1S/C12H16F2N2O/c1-10(17)16-8-7-15-9-12(13,14)11-5-3-2-4-6-11/h2-6,15H,7-9H2,1H3,(H,16,17). The van der Waals surface area contributed by atoms with Crippen LogP contribution in [0.3, 0.4) is 0 Å². The molecule has 0 saturated carbocycles. The van der Waals surface area contributed by atoms with Gasteiger partial charge in [0.15, 0.2) is 0 Å². The number of hydrogen-bond donors (Lipinski definition) is 2. The Morgan fingerprint density at radius 1 is 1.24 bits per heavy atom. The Balaban J connectivity index is 2.33. The molecule has 17 heavy (non-hydrogen) atoms. The number of benzene rings is 1. The van der Waals surface area contributed by atoms with Gasteiger partial charge < -0.3 is 10.6 Å². The quantitative estimate of drug-likeness (QED) is 0.742. The molecule has 0 bridgehead atoms. The van der Waals surface area contributed by atoms with E-state index in [4.69, 9.17) is 0 Å². The van der Waals surface area contributed by atoms with E-state index < -0.39 is 12.5 Å². The average molecular weight is 242 g/mol. The van der Waals surface area contributed by atoms with Crippen LogP contribution in [0.1, 0.15) is 12.5 Å². The van der Waals surface area contributed by atoms with Crippen molar-refractivity contribution >= 4 is 5.91 Å². The summed E-state index contributed by atoms with van der Waals surface area (Å²) in [5.41, 5.74) is -0.00738. The van der Waals surface area contributed by atoms with Crippen LogP contribution in [0.2, 0.25) is 0 Å². The normalized spacial score (nSPS) is 11.2. The van der Waals surface area contributed by atoms with Crippen LogP contribution in [0.5, 0.6) is 0 Å². The first-order valence-electron chi connectivity index (χ1n) is 5.41. The van der Waals surface area contributed by atoms with Crippen LogP contribution in [-0.2, 0) is 10.7 Å². The largest absolute Gasteiger partial charge is 0.355 e. The molecule has 0 heterocycles. The third-order valence-corrected chi connectivity index (χ3v) is 2.22. The van der Waals surface area contributed by atoms with Crippen molar-refractivity contribution < 1.29 is 13.6 Å². The van der Waals surface area contributed by atoms with E-state index in [1.54, 1.807) is 18.2 Å². The highest BCUT2D eigenvalue weighted by molar-refractivity contribution is 5.72. The van der Waals surface area contributed by atoms with Crippen molar-refractivity contribution in [2.45, 2.75) is 12.8 Å². The van der Waals surface area contributed by atoms with E-state index in [0.717, 1.165) is 0 Å². The van der Waals surface area contributed by atoms with Crippen LogP contribution in [0.4, 0.5) is 8.78 Å². The SMILES string of the molecule is CC(=O)NCCNCC(F)(F)c1ccccc1. The van der Waals surface area contributed by atoms with Crippen LogP contribution in [0.25, 0.3) is 0 Å². The average Bonchev–Trinajstić information content (AvgIpc) is 2.29. The first kappa shape index (κ1) is 13.6. The lowest BCUT2D eigenvalue weighted by Gasteiger charge is -2.17. The van der Waals surface area contributed by atoms with Crippen molar-refractivity contribution in [3.8, 4) is 0 Å². The summed E-state index contributed by atoms with van der Waals surface area (Å²) in [4.78, 5) is 10.5. The summed E-state index contributed by atoms with van der Waals surface area (Å²) in [7, 11) is 0. The van der Waals surface area contributed by atoms with Crippen LogP contribution < -0.4 is 10.6 Å². The van der Waals surface area contributed by atoms with E-state index in [1.165, 1.54) is 19.1 Å². The van der Waals surface area contributed by atoms with E-state index in [9.17, 15) is 13.6 Å². The van der Waals surface area contributed by atoms with E-state index in [0.29, 0.717) is 13.1 Å². The summed E-state index contributed by atoms with van der Waals surface area (Å²) in [5, 5.41) is 5.14. The third kappa shape index (κ3) is 4.91. The molecule has 0 aliphatic heterocycles. The summed E-state index contributed by atoms with van der Waals surface area (Å²) in [5.74, 6) is -3.06. The maximum absolute atomic E-state index is 13.6. The molecule has 3 nitrogen and oxygen atoms in total. The van der Waals surface area contributed by atoms with Crippen molar-refractivity contribution in [2.24, 2.45) is 0 Å². The second-order valence-electron chi connectivity index (χ2n) is 3.73. The zero-order valence-electron chi connectivity index (χ0n) is 9.67. The van der Waals surface area contributed by atoms with Crippen molar-refractivity contribution in [3.63, 3.8) is 0 Å². The predicted octanol–water partition coefficient (Wildman–Crippen LogP) is 1.50. The first-order chi connectivity index (χ1) is 8.02. The van der Waals surface area contributed by atoms with Crippen molar-refractivity contribution in [3.05, 3.63) is 35.9 Å². The minimum absolute atomic E-state index is 0.00738. The number of carbonyl (C=O) groups is 1. The molecule has 5 heteroatoms. The van der Waals surface area contributed by atoms with Crippen molar-refractivity contribution in [1.82, 2.24) is 10.6 Å². The molecule has 0 unspecified atom stereocenters. The van der Waals surface area contributed by atoms with Gasteiger partial charge in [0.25, 0.3) is 5.92 Å². The summed E-state index contributed by atoms with van der Waals surface area (Å²) in [6, 6.07) is 7.66. The Morgan fingerprint density at radius 2 is 1.88 bits per heavy atom. The van der Waals surface area contributed by atoms with Gasteiger partial charge in [-0.25, -0.2) is 0 Å². The van der Waals surface area contributed by atoms with Gasteiger partial charge in [0.05, 0.1) is 6.54 Å². The van der Waals surface area contributed by atoms with E-state index in [2.05, 4.69) is 10.6 Å². The summed E-state index contributed by atoms with van der Waals surface area (Å²) in [6.07, 6.45) is 0. The summed E-state index contributed by atoms with van der Waals surface area (Å²) in [6.45, 7) is 1.62. The fourth-order valence-corrected chi connectivity index (χ4v) is 1.36. The minimum atomic E-state index is -2.89. The summed E-state index contributed by atoms with van der Waals surface area (Å²) < 4.78 is 27.2. The fraction of sp³-hybridized carbons (Fsp3) is 0.417. The lowest BCUT2D eigenvalue weighted by Crippen LogP contribution is -2.36. The molecule has 1 aromatic rings. The molecule has 1 rings (SSSR count). The van der Waals surface area contributed by atoms with E-state index in [-0.39, 0.29) is 11.5 Å². The van der Waals surface area contributed by atoms with Gasteiger partial charge in [-0.2, -0.15) is 8.78 Å². The van der Waals surface area contributed by atoms with Crippen molar-refractivity contribution in [2.75, 3.05) is 19.6 Å². The van der Waals surface area contributed by atoms with Gasteiger partial charge in [-0.3, -0.25) is 4.79 Å². The molecule has 1 amide bonds. The van der Waals surface area contributed by atoms with Gasteiger partial charge in [-0.1, -0.05) is 30.3 Å². The molecular weight excluding hydrogens is 226 g/mol. The maximum atomic E-state index is 13.6. The zero-order valence-corrected chi connectivity index (χ0v) is 9.67. The fourth-order valence-electron chi connectivity index (χ4n) is 1.36. The van der Waals surface area contributed by atoms with Gasteiger partial charge in [0.1, 0.15) is 0 Å². The number of nitrogens with one attached hydrogen (secondary N) is 2. The topological polar surface area (TPSA) is 41.1 Å². The summed E-state index contributed by atoms with van der Waals surface area (Å²) >= 11 is 0. The maximum Gasteiger partial charge on any atom is 0.285 e. The highest BCUT2D eigenvalue weighted by Gasteiger charge is 2.30.